The van der Waals surface area contributed by atoms with E-state index in [2.05, 4.69) is 57.0 Å². The van der Waals surface area contributed by atoms with Gasteiger partial charge in [0.2, 0.25) is 0 Å². The van der Waals surface area contributed by atoms with Crippen LogP contribution in [0.15, 0.2) is 24.3 Å². The molecule has 0 bridgehead atoms. The van der Waals surface area contributed by atoms with E-state index in [1.165, 1.54) is 30.4 Å². The number of rotatable bonds is 8. The van der Waals surface area contributed by atoms with E-state index in [1.807, 2.05) is 0 Å². The maximum atomic E-state index is 5.75. The monoisotopic (exact) mass is 262 g/mol. The van der Waals surface area contributed by atoms with Crippen molar-refractivity contribution in [1.82, 2.24) is 4.90 Å². The van der Waals surface area contributed by atoms with Gasteiger partial charge in [-0.3, -0.25) is 0 Å². The molecule has 0 aliphatic rings. The Morgan fingerprint density at radius 2 is 1.95 bits per heavy atom. The number of nitrogens with zero attached hydrogens (tertiary/aromatic N) is 1. The Hall–Kier alpha value is -0.860. The van der Waals surface area contributed by atoms with Crippen molar-refractivity contribution in [3.05, 3.63) is 35.4 Å². The third-order valence-corrected chi connectivity index (χ3v) is 3.73. The van der Waals surface area contributed by atoms with E-state index in [4.69, 9.17) is 5.73 Å². The minimum absolute atomic E-state index is 0.301. The van der Waals surface area contributed by atoms with Gasteiger partial charge < -0.3 is 10.6 Å². The molecule has 0 saturated carbocycles. The minimum Gasteiger partial charge on any atom is -0.330 e. The number of aryl methyl sites for hydroxylation is 1. The zero-order chi connectivity index (χ0) is 14.3. The summed E-state index contributed by atoms with van der Waals surface area (Å²) in [5, 5.41) is 0. The Balaban J connectivity index is 2.23. The lowest BCUT2D eigenvalue weighted by atomic mass is 9.87. The van der Waals surface area contributed by atoms with Crippen molar-refractivity contribution in [2.24, 2.45) is 11.1 Å². The predicted octanol–water partition coefficient (Wildman–Crippen LogP) is 3.58. The van der Waals surface area contributed by atoms with Crippen LogP contribution in [-0.4, -0.2) is 25.0 Å². The second kappa shape index (κ2) is 7.66. The molecule has 1 aromatic rings. The third-order valence-electron chi connectivity index (χ3n) is 3.73. The first-order chi connectivity index (χ1) is 8.93. The highest BCUT2D eigenvalue weighted by molar-refractivity contribution is 5.21. The quantitative estimate of drug-likeness (QED) is 0.726. The summed E-state index contributed by atoms with van der Waals surface area (Å²) in [4.78, 5) is 2.41. The lowest BCUT2D eigenvalue weighted by Gasteiger charge is -2.23. The predicted molar refractivity (Wildman–Crippen MR) is 84.2 cm³/mol. The Morgan fingerprint density at radius 3 is 2.58 bits per heavy atom. The van der Waals surface area contributed by atoms with E-state index in [9.17, 15) is 0 Å². The molecular weight excluding hydrogens is 232 g/mol. The summed E-state index contributed by atoms with van der Waals surface area (Å²) >= 11 is 0. The van der Waals surface area contributed by atoms with Crippen molar-refractivity contribution in [1.29, 1.82) is 0 Å². The van der Waals surface area contributed by atoms with Crippen LogP contribution in [0.2, 0.25) is 0 Å². The molecule has 2 nitrogen and oxygen atoms in total. The first-order valence-corrected chi connectivity index (χ1v) is 7.37. The first kappa shape index (κ1) is 16.2. The third kappa shape index (κ3) is 6.74. The molecule has 0 fully saturated rings. The summed E-state index contributed by atoms with van der Waals surface area (Å²) in [6, 6.07) is 8.77. The molecule has 1 rings (SSSR count). The maximum absolute atomic E-state index is 5.75. The van der Waals surface area contributed by atoms with E-state index in [0.717, 1.165) is 19.6 Å². The molecule has 2 heteroatoms. The van der Waals surface area contributed by atoms with Crippen molar-refractivity contribution >= 4 is 0 Å². The van der Waals surface area contributed by atoms with Gasteiger partial charge in [-0.2, -0.15) is 0 Å². The van der Waals surface area contributed by atoms with Crippen molar-refractivity contribution < 1.29 is 0 Å². The van der Waals surface area contributed by atoms with Crippen LogP contribution in [0.4, 0.5) is 0 Å². The lowest BCUT2D eigenvalue weighted by Crippen LogP contribution is -2.24. The fraction of sp³-hybridized carbons (Fsp3) is 0.647. The molecule has 0 saturated heterocycles. The van der Waals surface area contributed by atoms with E-state index < -0.39 is 0 Å². The van der Waals surface area contributed by atoms with Crippen LogP contribution < -0.4 is 5.73 Å². The van der Waals surface area contributed by atoms with E-state index in [1.54, 1.807) is 0 Å². The van der Waals surface area contributed by atoms with E-state index in [-0.39, 0.29) is 0 Å². The van der Waals surface area contributed by atoms with Gasteiger partial charge >= 0.3 is 0 Å². The average molecular weight is 262 g/mol. The van der Waals surface area contributed by atoms with Gasteiger partial charge in [-0.05, 0) is 50.9 Å². The van der Waals surface area contributed by atoms with Crippen molar-refractivity contribution in [2.75, 3.05) is 20.1 Å². The molecule has 0 amide bonds. The zero-order valence-corrected chi connectivity index (χ0v) is 13.1. The number of benzene rings is 1. The minimum atomic E-state index is 0.301. The molecule has 0 heterocycles. The van der Waals surface area contributed by atoms with Gasteiger partial charge in [0.25, 0.3) is 0 Å². The van der Waals surface area contributed by atoms with Crippen LogP contribution in [0.3, 0.4) is 0 Å². The van der Waals surface area contributed by atoms with Crippen LogP contribution in [-0.2, 0) is 6.54 Å². The van der Waals surface area contributed by atoms with Crippen molar-refractivity contribution in [3.63, 3.8) is 0 Å². The number of hydrogen-bond donors (Lipinski definition) is 1. The van der Waals surface area contributed by atoms with Crippen LogP contribution in [0, 0.1) is 12.3 Å². The smallest absolute Gasteiger partial charge is 0.0230 e. The molecule has 0 unspecified atom stereocenters. The van der Waals surface area contributed by atoms with Gasteiger partial charge in [-0.15, -0.1) is 0 Å². The summed E-state index contributed by atoms with van der Waals surface area (Å²) in [5.41, 5.74) is 8.81. The molecular formula is C17H30N2. The second-order valence-corrected chi connectivity index (χ2v) is 6.55. The van der Waals surface area contributed by atoms with Crippen LogP contribution >= 0.6 is 0 Å². The Kier molecular flexibility index (Phi) is 6.53. The zero-order valence-electron chi connectivity index (χ0n) is 13.1. The summed E-state index contributed by atoms with van der Waals surface area (Å²) < 4.78 is 0. The second-order valence-electron chi connectivity index (χ2n) is 6.55. The molecule has 2 N–H and O–H groups in total. The molecule has 108 valence electrons. The number of hydrogen-bond acceptors (Lipinski definition) is 2. The highest BCUT2D eigenvalue weighted by atomic mass is 15.1. The number of nitrogens with two attached hydrogens (primary N) is 1. The lowest BCUT2D eigenvalue weighted by molar-refractivity contribution is 0.289. The molecule has 0 radical (unpaired) electrons. The van der Waals surface area contributed by atoms with Crippen LogP contribution in [0.1, 0.15) is 44.2 Å². The van der Waals surface area contributed by atoms with Gasteiger partial charge in [-0.1, -0.05) is 50.1 Å². The summed E-state index contributed by atoms with van der Waals surface area (Å²) in [6.07, 6.45) is 3.75. The maximum Gasteiger partial charge on any atom is 0.0230 e. The Morgan fingerprint density at radius 1 is 1.21 bits per heavy atom. The highest BCUT2D eigenvalue weighted by Crippen LogP contribution is 2.21. The normalized spacial score (nSPS) is 12.1. The summed E-state index contributed by atoms with van der Waals surface area (Å²) in [7, 11) is 2.20. The van der Waals surface area contributed by atoms with Crippen LogP contribution in [0.5, 0.6) is 0 Å². The van der Waals surface area contributed by atoms with Gasteiger partial charge in [0, 0.05) is 6.54 Å². The fourth-order valence-corrected chi connectivity index (χ4v) is 2.29. The summed E-state index contributed by atoms with van der Waals surface area (Å²) in [5.74, 6) is 0. The van der Waals surface area contributed by atoms with E-state index >= 15 is 0 Å². The largest absolute Gasteiger partial charge is 0.330 e. The summed E-state index contributed by atoms with van der Waals surface area (Å²) in [6.45, 7) is 9.65. The van der Waals surface area contributed by atoms with Crippen molar-refractivity contribution in [3.8, 4) is 0 Å². The molecule has 0 aliphatic carbocycles. The molecule has 0 aliphatic heterocycles. The average Bonchev–Trinajstić information content (AvgIpc) is 2.35. The fourth-order valence-electron chi connectivity index (χ4n) is 2.29. The highest BCUT2D eigenvalue weighted by Gasteiger charge is 2.14. The van der Waals surface area contributed by atoms with Gasteiger partial charge in [0.1, 0.15) is 0 Å². The molecule has 19 heavy (non-hydrogen) atoms. The standard InChI is InChI=1S/C17H30N2/c1-15-8-7-9-16(12-15)13-19(4)11-6-5-10-17(2,3)14-18/h7-9,12H,5-6,10-11,13-14,18H2,1-4H3. The van der Waals surface area contributed by atoms with E-state index in [0.29, 0.717) is 5.41 Å². The topological polar surface area (TPSA) is 29.3 Å². The SMILES string of the molecule is Cc1cccc(CN(C)CCCCC(C)(C)CN)c1. The number of unbranched alkanes of at least 4 members (excludes halogenated alkanes) is 1. The first-order valence-electron chi connectivity index (χ1n) is 7.37. The molecule has 1 aromatic carbocycles. The van der Waals surface area contributed by atoms with Gasteiger partial charge in [0.15, 0.2) is 0 Å². The molecule has 0 spiro atoms. The molecule has 0 aromatic heterocycles. The van der Waals surface area contributed by atoms with Crippen LogP contribution in [0.25, 0.3) is 0 Å². The Bertz CT molecular complexity index is 371. The van der Waals surface area contributed by atoms with Gasteiger partial charge in [0.05, 0.1) is 0 Å². The Labute approximate surface area is 119 Å². The van der Waals surface area contributed by atoms with Gasteiger partial charge in [-0.25, -0.2) is 0 Å². The molecule has 0 atom stereocenters. The van der Waals surface area contributed by atoms with Crippen molar-refractivity contribution in [2.45, 2.75) is 46.6 Å².